The van der Waals surface area contributed by atoms with Crippen molar-refractivity contribution in [1.29, 1.82) is 0 Å². The van der Waals surface area contributed by atoms with Crippen LogP contribution in [0.5, 0.6) is 0 Å². The van der Waals surface area contributed by atoms with Gasteiger partial charge >= 0.3 is 0 Å². The van der Waals surface area contributed by atoms with Gasteiger partial charge in [0.1, 0.15) is 0 Å². The third-order valence-electron chi connectivity index (χ3n) is 3.57. The van der Waals surface area contributed by atoms with Crippen LogP contribution in [0.25, 0.3) is 0 Å². The van der Waals surface area contributed by atoms with Crippen LogP contribution in [0.3, 0.4) is 0 Å². The number of carbonyl (C=O) groups is 1. The van der Waals surface area contributed by atoms with Crippen LogP contribution < -0.4 is 10.6 Å². The highest BCUT2D eigenvalue weighted by Crippen LogP contribution is 2.21. The van der Waals surface area contributed by atoms with Gasteiger partial charge in [0.05, 0.1) is 5.75 Å². The van der Waals surface area contributed by atoms with Crippen LogP contribution >= 0.6 is 11.8 Å². The lowest BCUT2D eigenvalue weighted by Crippen LogP contribution is -2.33. The first-order chi connectivity index (χ1) is 10.2. The quantitative estimate of drug-likeness (QED) is 0.688. The van der Waals surface area contributed by atoms with Gasteiger partial charge < -0.3 is 10.6 Å². The molecule has 21 heavy (non-hydrogen) atoms. The molecule has 0 bridgehead atoms. The van der Waals surface area contributed by atoms with Crippen molar-refractivity contribution < 1.29 is 4.79 Å². The predicted molar refractivity (Wildman–Crippen MR) is 89.5 cm³/mol. The van der Waals surface area contributed by atoms with E-state index in [1.54, 1.807) is 11.8 Å². The maximum atomic E-state index is 11.9. The van der Waals surface area contributed by atoms with Crippen molar-refractivity contribution in [2.75, 3.05) is 5.75 Å². The van der Waals surface area contributed by atoms with Crippen molar-refractivity contribution in [1.82, 2.24) is 10.6 Å². The number of carbonyl (C=O) groups excluding carboxylic acids is 1. The van der Waals surface area contributed by atoms with Gasteiger partial charge in [-0.05, 0) is 43.9 Å². The van der Waals surface area contributed by atoms with Gasteiger partial charge in [-0.25, -0.2) is 0 Å². The molecule has 0 heterocycles. The zero-order valence-corrected chi connectivity index (χ0v) is 13.8. The van der Waals surface area contributed by atoms with Gasteiger partial charge in [-0.1, -0.05) is 25.5 Å². The summed E-state index contributed by atoms with van der Waals surface area (Å²) < 4.78 is 0. The lowest BCUT2D eigenvalue weighted by atomic mass is 10.2. The van der Waals surface area contributed by atoms with E-state index < -0.39 is 0 Å². The maximum Gasteiger partial charge on any atom is 0.230 e. The predicted octanol–water partition coefficient (Wildman–Crippen LogP) is 3.34. The number of amides is 1. The van der Waals surface area contributed by atoms with Crippen molar-refractivity contribution in [3.8, 4) is 0 Å². The topological polar surface area (TPSA) is 41.1 Å². The Morgan fingerprint density at radius 3 is 2.95 bits per heavy atom. The van der Waals surface area contributed by atoms with Crippen molar-refractivity contribution in [3.63, 3.8) is 0 Å². The van der Waals surface area contributed by atoms with Gasteiger partial charge in [0, 0.05) is 23.5 Å². The Balaban J connectivity index is 1.73. The second-order valence-corrected chi connectivity index (χ2v) is 6.90. The summed E-state index contributed by atoms with van der Waals surface area (Å²) in [7, 11) is 0. The fourth-order valence-electron chi connectivity index (χ4n) is 2.27. The molecule has 116 valence electrons. The van der Waals surface area contributed by atoms with E-state index in [4.69, 9.17) is 0 Å². The molecule has 0 aromatic heterocycles. The van der Waals surface area contributed by atoms with E-state index in [1.807, 2.05) is 0 Å². The molecule has 1 atom stereocenters. The molecule has 2 N–H and O–H groups in total. The first-order valence-electron chi connectivity index (χ1n) is 7.92. The van der Waals surface area contributed by atoms with Crippen LogP contribution in [-0.2, 0) is 11.3 Å². The van der Waals surface area contributed by atoms with Gasteiger partial charge in [0.2, 0.25) is 5.91 Å². The summed E-state index contributed by atoms with van der Waals surface area (Å²) in [4.78, 5) is 13.0. The smallest absolute Gasteiger partial charge is 0.230 e. The Morgan fingerprint density at radius 2 is 2.24 bits per heavy atom. The van der Waals surface area contributed by atoms with Crippen molar-refractivity contribution in [3.05, 3.63) is 29.8 Å². The van der Waals surface area contributed by atoms with E-state index >= 15 is 0 Å². The van der Waals surface area contributed by atoms with Crippen LogP contribution in [0.2, 0.25) is 0 Å². The second kappa shape index (κ2) is 8.44. The zero-order chi connectivity index (χ0) is 15.1. The van der Waals surface area contributed by atoms with Gasteiger partial charge in [-0.15, -0.1) is 11.8 Å². The highest BCUT2D eigenvalue weighted by Gasteiger charge is 2.19. The van der Waals surface area contributed by atoms with Crippen LogP contribution in [0, 0.1) is 0 Å². The normalized spacial score (nSPS) is 15.7. The Morgan fingerprint density at radius 1 is 1.43 bits per heavy atom. The molecular weight excluding hydrogens is 280 g/mol. The monoisotopic (exact) mass is 306 g/mol. The number of nitrogens with one attached hydrogen (secondary N) is 2. The molecule has 3 nitrogen and oxygen atoms in total. The van der Waals surface area contributed by atoms with Gasteiger partial charge in [0.15, 0.2) is 0 Å². The molecule has 0 radical (unpaired) electrons. The largest absolute Gasteiger partial charge is 0.353 e. The lowest BCUT2D eigenvalue weighted by Gasteiger charge is -2.12. The molecule has 0 aliphatic heterocycles. The minimum atomic E-state index is 0.127. The fraction of sp³-hybridized carbons (Fsp3) is 0.588. The van der Waals surface area contributed by atoms with E-state index in [9.17, 15) is 4.79 Å². The van der Waals surface area contributed by atoms with E-state index in [0.29, 0.717) is 5.75 Å². The zero-order valence-electron chi connectivity index (χ0n) is 13.0. The van der Waals surface area contributed by atoms with Crippen LogP contribution in [0.1, 0.15) is 45.1 Å². The molecular formula is C17H26N2OS. The third-order valence-corrected chi connectivity index (χ3v) is 4.56. The van der Waals surface area contributed by atoms with Crippen LogP contribution in [0.15, 0.2) is 29.2 Å². The molecule has 1 aliphatic rings. The molecule has 1 saturated carbocycles. The number of benzene rings is 1. The average Bonchev–Trinajstić information content (AvgIpc) is 3.28. The van der Waals surface area contributed by atoms with E-state index in [2.05, 4.69) is 48.7 Å². The highest BCUT2D eigenvalue weighted by atomic mass is 32.2. The molecule has 1 amide bonds. The highest BCUT2D eigenvalue weighted by molar-refractivity contribution is 8.00. The Bertz CT molecular complexity index is 460. The van der Waals surface area contributed by atoms with Gasteiger partial charge in [0.25, 0.3) is 0 Å². The summed E-state index contributed by atoms with van der Waals surface area (Å²) in [5.74, 6) is 0.621. The minimum absolute atomic E-state index is 0.127. The van der Waals surface area contributed by atoms with Crippen LogP contribution in [-0.4, -0.2) is 23.7 Å². The maximum absolute atomic E-state index is 11.9. The summed E-state index contributed by atoms with van der Waals surface area (Å²) in [6, 6.07) is 9.48. The Labute approximate surface area is 132 Å². The van der Waals surface area contributed by atoms with Gasteiger partial charge in [-0.3, -0.25) is 4.79 Å². The van der Waals surface area contributed by atoms with E-state index in [1.165, 1.54) is 23.3 Å². The van der Waals surface area contributed by atoms with E-state index in [-0.39, 0.29) is 11.9 Å². The summed E-state index contributed by atoms with van der Waals surface area (Å²) in [6.07, 6.45) is 4.76. The molecule has 0 saturated heterocycles. The Hall–Kier alpha value is -1.00. The molecule has 1 aromatic rings. The molecule has 1 unspecified atom stereocenters. The standard InChI is InChI=1S/C17H26N2OS/c1-3-5-13(2)19-17(20)12-21-16-7-4-6-14(10-16)11-18-15-8-9-15/h4,6-7,10,13,15,18H,3,5,8-9,11-12H2,1-2H3,(H,19,20). The average molecular weight is 306 g/mol. The van der Waals surface area contributed by atoms with Crippen molar-refractivity contribution in [2.24, 2.45) is 0 Å². The molecule has 4 heteroatoms. The van der Waals surface area contributed by atoms with Gasteiger partial charge in [-0.2, -0.15) is 0 Å². The fourth-order valence-corrected chi connectivity index (χ4v) is 3.06. The Kier molecular flexibility index (Phi) is 6.58. The molecule has 2 rings (SSSR count). The summed E-state index contributed by atoms with van der Waals surface area (Å²) >= 11 is 1.61. The first-order valence-corrected chi connectivity index (χ1v) is 8.90. The van der Waals surface area contributed by atoms with Crippen LogP contribution in [0.4, 0.5) is 0 Å². The van der Waals surface area contributed by atoms with E-state index in [0.717, 1.165) is 25.4 Å². The lowest BCUT2D eigenvalue weighted by molar-refractivity contribution is -0.119. The summed E-state index contributed by atoms with van der Waals surface area (Å²) in [5, 5.41) is 6.56. The summed E-state index contributed by atoms with van der Waals surface area (Å²) in [6.45, 7) is 5.13. The number of hydrogen-bond donors (Lipinski definition) is 2. The van der Waals surface area contributed by atoms with Crippen molar-refractivity contribution >= 4 is 17.7 Å². The second-order valence-electron chi connectivity index (χ2n) is 5.85. The third kappa shape index (κ3) is 6.53. The SMILES string of the molecule is CCCC(C)NC(=O)CSc1cccc(CNC2CC2)c1. The molecule has 1 aliphatic carbocycles. The number of rotatable bonds is 9. The summed E-state index contributed by atoms with van der Waals surface area (Å²) in [5.41, 5.74) is 1.30. The first kappa shape index (κ1) is 16.4. The minimum Gasteiger partial charge on any atom is -0.353 e. The van der Waals surface area contributed by atoms with Crippen molar-refractivity contribution in [2.45, 2.75) is 63.1 Å². The number of thioether (sulfide) groups is 1. The molecule has 0 spiro atoms. The number of hydrogen-bond acceptors (Lipinski definition) is 3. The molecule has 1 fully saturated rings. The molecule has 1 aromatic carbocycles.